The summed E-state index contributed by atoms with van der Waals surface area (Å²) in [5, 5.41) is 2.84. The molecular weight excluding hydrogens is 364 g/mol. The van der Waals surface area contributed by atoms with Gasteiger partial charge in [0.2, 0.25) is 5.91 Å². The number of carbonyl (C=O) groups excluding carboxylic acids is 2. The molecule has 0 radical (unpaired) electrons. The standard InChI is InChI=1S/C20H30N2O4S/c1-5-6-11-22(17-10-12-27(25,26)14-17)18(23)15-8-7-9-16(13-15)21-19(24)20(2,3)4/h7-9,13,17H,5-6,10-12,14H2,1-4H3,(H,21,24). The molecule has 0 aliphatic carbocycles. The Hall–Kier alpha value is -1.89. The number of hydrogen-bond acceptors (Lipinski definition) is 4. The highest BCUT2D eigenvalue weighted by molar-refractivity contribution is 7.91. The van der Waals surface area contributed by atoms with Gasteiger partial charge >= 0.3 is 0 Å². The van der Waals surface area contributed by atoms with Crippen molar-refractivity contribution in [1.29, 1.82) is 0 Å². The molecule has 1 N–H and O–H groups in total. The van der Waals surface area contributed by atoms with Crippen LogP contribution in [0.1, 0.15) is 57.3 Å². The summed E-state index contributed by atoms with van der Waals surface area (Å²) in [6.07, 6.45) is 2.23. The lowest BCUT2D eigenvalue weighted by Gasteiger charge is -2.28. The quantitative estimate of drug-likeness (QED) is 0.804. The number of nitrogens with zero attached hydrogens (tertiary/aromatic N) is 1. The van der Waals surface area contributed by atoms with Crippen LogP contribution < -0.4 is 5.32 Å². The Morgan fingerprint density at radius 3 is 2.52 bits per heavy atom. The van der Waals surface area contributed by atoms with Gasteiger partial charge in [-0.05, 0) is 31.0 Å². The summed E-state index contributed by atoms with van der Waals surface area (Å²) in [4.78, 5) is 27.0. The fourth-order valence-electron chi connectivity index (χ4n) is 3.01. The predicted octanol–water partition coefficient (Wildman–Crippen LogP) is 3.10. The van der Waals surface area contributed by atoms with E-state index in [2.05, 4.69) is 5.32 Å². The van der Waals surface area contributed by atoms with Gasteiger partial charge in [0.1, 0.15) is 0 Å². The zero-order valence-electron chi connectivity index (χ0n) is 16.6. The molecule has 27 heavy (non-hydrogen) atoms. The fourth-order valence-corrected chi connectivity index (χ4v) is 4.74. The second-order valence-electron chi connectivity index (χ2n) is 8.19. The summed E-state index contributed by atoms with van der Waals surface area (Å²) in [6.45, 7) is 8.05. The first-order chi connectivity index (χ1) is 12.5. The molecular formula is C20H30N2O4S. The minimum absolute atomic E-state index is 0.0307. The minimum Gasteiger partial charge on any atom is -0.335 e. The van der Waals surface area contributed by atoms with Gasteiger partial charge in [0.05, 0.1) is 11.5 Å². The number of unbranched alkanes of at least 4 members (excludes halogenated alkanes) is 1. The first-order valence-corrected chi connectivity index (χ1v) is 11.3. The van der Waals surface area contributed by atoms with Crippen LogP contribution in [0.5, 0.6) is 0 Å². The zero-order chi connectivity index (χ0) is 20.2. The normalized spacial score (nSPS) is 18.9. The van der Waals surface area contributed by atoms with E-state index in [0.717, 1.165) is 12.8 Å². The summed E-state index contributed by atoms with van der Waals surface area (Å²) in [5.41, 5.74) is 0.489. The topological polar surface area (TPSA) is 83.6 Å². The summed E-state index contributed by atoms with van der Waals surface area (Å²) >= 11 is 0. The second kappa shape index (κ2) is 8.42. The number of benzene rings is 1. The number of anilines is 1. The molecule has 1 aromatic rings. The summed E-state index contributed by atoms with van der Waals surface area (Å²) in [7, 11) is -3.07. The lowest BCUT2D eigenvalue weighted by Crippen LogP contribution is -2.41. The largest absolute Gasteiger partial charge is 0.335 e. The Kier molecular flexibility index (Phi) is 6.68. The van der Waals surface area contributed by atoms with Gasteiger partial charge in [-0.1, -0.05) is 40.2 Å². The molecule has 1 saturated heterocycles. The third-order valence-corrected chi connectivity index (χ3v) is 6.46. The first kappa shape index (κ1) is 21.4. The van der Waals surface area contributed by atoms with E-state index in [9.17, 15) is 18.0 Å². The minimum atomic E-state index is -3.07. The molecule has 1 heterocycles. The van der Waals surface area contributed by atoms with Gasteiger partial charge in [0.25, 0.3) is 5.91 Å². The van der Waals surface area contributed by atoms with Gasteiger partial charge in [0, 0.05) is 29.3 Å². The molecule has 150 valence electrons. The fraction of sp³-hybridized carbons (Fsp3) is 0.600. The van der Waals surface area contributed by atoms with Crippen molar-refractivity contribution in [1.82, 2.24) is 4.90 Å². The molecule has 0 bridgehead atoms. The SMILES string of the molecule is CCCCN(C(=O)c1cccc(NC(=O)C(C)(C)C)c1)C1CCS(=O)(=O)C1. The Bertz CT molecular complexity index is 796. The third kappa shape index (κ3) is 5.79. The van der Waals surface area contributed by atoms with Gasteiger partial charge in [0.15, 0.2) is 9.84 Å². The maximum Gasteiger partial charge on any atom is 0.254 e. The zero-order valence-corrected chi connectivity index (χ0v) is 17.4. The van der Waals surface area contributed by atoms with Crippen LogP contribution in [0.2, 0.25) is 0 Å². The molecule has 2 rings (SSSR count). The van der Waals surface area contributed by atoms with Crippen LogP contribution in [0, 0.1) is 5.41 Å². The van der Waals surface area contributed by atoms with Crippen LogP contribution in [-0.2, 0) is 14.6 Å². The molecule has 0 aromatic heterocycles. The molecule has 1 aromatic carbocycles. The van der Waals surface area contributed by atoms with Crippen LogP contribution in [-0.4, -0.2) is 49.2 Å². The average molecular weight is 395 g/mol. The van der Waals surface area contributed by atoms with Crippen LogP contribution >= 0.6 is 0 Å². The first-order valence-electron chi connectivity index (χ1n) is 9.46. The van der Waals surface area contributed by atoms with Gasteiger partial charge in [-0.2, -0.15) is 0 Å². The Labute approximate surface area is 162 Å². The van der Waals surface area contributed by atoms with Gasteiger partial charge in [-0.15, -0.1) is 0 Å². The number of hydrogen-bond donors (Lipinski definition) is 1. The Morgan fingerprint density at radius 2 is 1.96 bits per heavy atom. The van der Waals surface area contributed by atoms with E-state index < -0.39 is 15.3 Å². The van der Waals surface area contributed by atoms with E-state index in [1.54, 1.807) is 29.2 Å². The average Bonchev–Trinajstić information content (AvgIpc) is 2.94. The number of sulfone groups is 1. The van der Waals surface area contributed by atoms with Crippen LogP contribution in [0.25, 0.3) is 0 Å². The summed E-state index contributed by atoms with van der Waals surface area (Å²) in [5.74, 6) is -0.146. The molecule has 1 unspecified atom stereocenters. The molecule has 1 fully saturated rings. The smallest absolute Gasteiger partial charge is 0.254 e. The molecule has 2 amide bonds. The van der Waals surface area contributed by atoms with Crippen LogP contribution in [0.15, 0.2) is 24.3 Å². The van der Waals surface area contributed by atoms with Crippen molar-refractivity contribution in [2.24, 2.45) is 5.41 Å². The number of amides is 2. The Morgan fingerprint density at radius 1 is 1.26 bits per heavy atom. The lowest BCUT2D eigenvalue weighted by molar-refractivity contribution is -0.123. The summed E-state index contributed by atoms with van der Waals surface area (Å²) < 4.78 is 23.7. The molecule has 6 nitrogen and oxygen atoms in total. The van der Waals surface area contributed by atoms with Crippen molar-refractivity contribution in [3.8, 4) is 0 Å². The van der Waals surface area contributed by atoms with E-state index in [-0.39, 0.29) is 29.4 Å². The molecule has 0 spiro atoms. The van der Waals surface area contributed by atoms with Crippen molar-refractivity contribution >= 4 is 27.3 Å². The molecule has 1 atom stereocenters. The monoisotopic (exact) mass is 394 g/mol. The van der Waals surface area contributed by atoms with Crippen molar-refractivity contribution in [2.45, 2.75) is 53.0 Å². The third-order valence-electron chi connectivity index (χ3n) is 4.71. The summed E-state index contributed by atoms with van der Waals surface area (Å²) in [6, 6.07) is 6.57. The number of rotatable bonds is 6. The Balaban J connectivity index is 2.22. The van der Waals surface area contributed by atoms with Crippen molar-refractivity contribution in [3.05, 3.63) is 29.8 Å². The van der Waals surface area contributed by atoms with Gasteiger partial charge < -0.3 is 10.2 Å². The van der Waals surface area contributed by atoms with E-state index in [1.807, 2.05) is 27.7 Å². The highest BCUT2D eigenvalue weighted by Crippen LogP contribution is 2.23. The second-order valence-corrected chi connectivity index (χ2v) is 10.4. The predicted molar refractivity (Wildman–Crippen MR) is 108 cm³/mol. The van der Waals surface area contributed by atoms with Crippen LogP contribution in [0.3, 0.4) is 0 Å². The number of carbonyl (C=O) groups is 2. The molecule has 1 aliphatic rings. The van der Waals surface area contributed by atoms with Crippen molar-refractivity contribution in [2.75, 3.05) is 23.4 Å². The van der Waals surface area contributed by atoms with Crippen LogP contribution in [0.4, 0.5) is 5.69 Å². The van der Waals surface area contributed by atoms with E-state index in [4.69, 9.17) is 0 Å². The van der Waals surface area contributed by atoms with Crippen molar-refractivity contribution in [3.63, 3.8) is 0 Å². The lowest BCUT2D eigenvalue weighted by atomic mass is 9.95. The molecule has 1 aliphatic heterocycles. The maximum absolute atomic E-state index is 13.1. The van der Waals surface area contributed by atoms with E-state index in [0.29, 0.717) is 24.2 Å². The van der Waals surface area contributed by atoms with Crippen molar-refractivity contribution < 1.29 is 18.0 Å². The highest BCUT2D eigenvalue weighted by atomic mass is 32.2. The van der Waals surface area contributed by atoms with Gasteiger partial charge in [-0.3, -0.25) is 9.59 Å². The molecule has 0 saturated carbocycles. The molecule has 7 heteroatoms. The van der Waals surface area contributed by atoms with Gasteiger partial charge in [-0.25, -0.2) is 8.42 Å². The maximum atomic E-state index is 13.1. The highest BCUT2D eigenvalue weighted by Gasteiger charge is 2.34. The number of nitrogens with one attached hydrogen (secondary N) is 1. The van der Waals surface area contributed by atoms with E-state index in [1.165, 1.54) is 0 Å². The van der Waals surface area contributed by atoms with E-state index >= 15 is 0 Å².